The molecule has 1 N–H and O–H groups in total. The maximum absolute atomic E-state index is 13.0. The maximum atomic E-state index is 13.0. The Morgan fingerprint density at radius 2 is 1.83 bits per heavy atom. The summed E-state index contributed by atoms with van der Waals surface area (Å²) in [4.78, 5) is 0. The summed E-state index contributed by atoms with van der Waals surface area (Å²) in [5.74, 6) is 0.0478. The fourth-order valence-electron chi connectivity index (χ4n) is 1.73. The van der Waals surface area contributed by atoms with Gasteiger partial charge >= 0.3 is 0 Å². The van der Waals surface area contributed by atoms with E-state index in [1.165, 1.54) is 12.1 Å². The third kappa shape index (κ3) is 3.31. The first-order chi connectivity index (χ1) is 8.79. The number of aliphatic hydroxyl groups is 1. The molecule has 1 atom stereocenters. The van der Waals surface area contributed by atoms with Gasteiger partial charge in [0.25, 0.3) is 0 Å². The van der Waals surface area contributed by atoms with Crippen LogP contribution in [-0.4, -0.2) is 18.3 Å². The topological polar surface area (TPSA) is 29.5 Å². The Labute approximate surface area is 106 Å². The fraction of sp³-hybridized carbons (Fsp3) is 0.200. The quantitative estimate of drug-likeness (QED) is 0.878. The lowest BCUT2D eigenvalue weighted by atomic mass is 10.0. The second-order valence-electron chi connectivity index (χ2n) is 4.06. The molecule has 3 heteroatoms. The van der Waals surface area contributed by atoms with Crippen molar-refractivity contribution in [3.63, 3.8) is 0 Å². The minimum Gasteiger partial charge on any atom is -0.493 e. The van der Waals surface area contributed by atoms with Crippen molar-refractivity contribution < 1.29 is 14.2 Å². The van der Waals surface area contributed by atoms with E-state index in [2.05, 4.69) is 0 Å². The molecule has 0 heterocycles. The number of benzene rings is 2. The van der Waals surface area contributed by atoms with Crippen LogP contribution in [0.2, 0.25) is 0 Å². The van der Waals surface area contributed by atoms with Crippen molar-refractivity contribution >= 4 is 0 Å². The van der Waals surface area contributed by atoms with Crippen LogP contribution in [0.1, 0.15) is 11.5 Å². The van der Waals surface area contributed by atoms with E-state index in [-0.39, 0.29) is 18.3 Å². The van der Waals surface area contributed by atoms with Crippen LogP contribution in [-0.2, 0) is 0 Å². The summed E-state index contributed by atoms with van der Waals surface area (Å²) < 4.78 is 18.5. The number of hydrogen-bond donors (Lipinski definition) is 1. The van der Waals surface area contributed by atoms with Gasteiger partial charge < -0.3 is 9.84 Å². The van der Waals surface area contributed by atoms with Gasteiger partial charge in [-0.1, -0.05) is 36.4 Å². The molecule has 0 amide bonds. The molecule has 0 fully saturated rings. The van der Waals surface area contributed by atoms with E-state index in [4.69, 9.17) is 4.74 Å². The molecule has 0 radical (unpaired) electrons. The largest absolute Gasteiger partial charge is 0.493 e. The van der Waals surface area contributed by atoms with E-state index in [0.717, 1.165) is 5.56 Å². The van der Waals surface area contributed by atoms with Crippen LogP contribution in [0.15, 0.2) is 54.6 Å². The van der Waals surface area contributed by atoms with E-state index >= 15 is 0 Å². The fourth-order valence-corrected chi connectivity index (χ4v) is 1.73. The van der Waals surface area contributed by atoms with Gasteiger partial charge in [-0.05, 0) is 17.7 Å². The van der Waals surface area contributed by atoms with Gasteiger partial charge in [-0.3, -0.25) is 0 Å². The predicted octanol–water partition coefficient (Wildman–Crippen LogP) is 2.98. The Hall–Kier alpha value is -1.87. The number of hydrogen-bond acceptors (Lipinski definition) is 2. The van der Waals surface area contributed by atoms with Gasteiger partial charge in [-0.15, -0.1) is 0 Å². The average Bonchev–Trinajstić information content (AvgIpc) is 2.41. The zero-order chi connectivity index (χ0) is 12.8. The van der Waals surface area contributed by atoms with E-state index in [9.17, 15) is 9.50 Å². The van der Waals surface area contributed by atoms with Crippen LogP contribution < -0.4 is 4.74 Å². The monoisotopic (exact) mass is 246 g/mol. The Bertz CT molecular complexity index is 485. The third-order valence-corrected chi connectivity index (χ3v) is 2.74. The average molecular weight is 246 g/mol. The molecule has 18 heavy (non-hydrogen) atoms. The molecule has 0 saturated carbocycles. The molecule has 1 unspecified atom stereocenters. The molecular weight excluding hydrogens is 231 g/mol. The molecule has 0 aliphatic carbocycles. The molecule has 2 nitrogen and oxygen atoms in total. The zero-order valence-electron chi connectivity index (χ0n) is 9.92. The highest BCUT2D eigenvalue weighted by atomic mass is 19.1. The summed E-state index contributed by atoms with van der Waals surface area (Å²) in [5.41, 5.74) is 1.01. The Morgan fingerprint density at radius 1 is 1.06 bits per heavy atom. The van der Waals surface area contributed by atoms with Crippen molar-refractivity contribution in [1.29, 1.82) is 0 Å². The van der Waals surface area contributed by atoms with Gasteiger partial charge in [0.15, 0.2) is 0 Å². The SMILES string of the molecule is OCC(COc1cccc(F)c1)c1ccccc1. The molecule has 0 aliphatic rings. The molecule has 0 spiro atoms. The second kappa shape index (κ2) is 6.17. The van der Waals surface area contributed by atoms with E-state index in [1.54, 1.807) is 12.1 Å². The Kier molecular flexibility index (Phi) is 4.31. The molecule has 2 aromatic rings. The van der Waals surface area contributed by atoms with Crippen molar-refractivity contribution in [2.24, 2.45) is 0 Å². The predicted molar refractivity (Wildman–Crippen MR) is 68.2 cm³/mol. The van der Waals surface area contributed by atoms with E-state index in [1.807, 2.05) is 30.3 Å². The van der Waals surface area contributed by atoms with Gasteiger partial charge in [0.05, 0.1) is 13.2 Å². The molecule has 2 rings (SSSR count). The van der Waals surface area contributed by atoms with Crippen LogP contribution in [0.25, 0.3) is 0 Å². The highest BCUT2D eigenvalue weighted by Crippen LogP contribution is 2.18. The summed E-state index contributed by atoms with van der Waals surface area (Å²) in [6.07, 6.45) is 0. The number of ether oxygens (including phenoxy) is 1. The normalized spacial score (nSPS) is 12.1. The standard InChI is InChI=1S/C15H15FO2/c16-14-7-4-8-15(9-14)18-11-13(10-17)12-5-2-1-3-6-12/h1-9,13,17H,10-11H2. The minimum atomic E-state index is -0.326. The highest BCUT2D eigenvalue weighted by Gasteiger charge is 2.11. The first kappa shape index (κ1) is 12.6. The van der Waals surface area contributed by atoms with E-state index in [0.29, 0.717) is 12.4 Å². The lowest BCUT2D eigenvalue weighted by molar-refractivity contribution is 0.204. The first-order valence-electron chi connectivity index (χ1n) is 5.84. The molecule has 0 aromatic heterocycles. The Balaban J connectivity index is 2.00. The summed E-state index contributed by atoms with van der Waals surface area (Å²) in [6, 6.07) is 15.6. The molecule has 0 saturated heterocycles. The molecule has 0 bridgehead atoms. The van der Waals surface area contributed by atoms with Crippen LogP contribution in [0.4, 0.5) is 4.39 Å². The van der Waals surface area contributed by atoms with Crippen molar-refractivity contribution in [2.75, 3.05) is 13.2 Å². The maximum Gasteiger partial charge on any atom is 0.126 e. The summed E-state index contributed by atoms with van der Waals surface area (Å²) in [7, 11) is 0. The lowest BCUT2D eigenvalue weighted by Gasteiger charge is -2.15. The highest BCUT2D eigenvalue weighted by molar-refractivity contribution is 5.24. The van der Waals surface area contributed by atoms with Crippen LogP contribution in [0.3, 0.4) is 0 Å². The second-order valence-corrected chi connectivity index (χ2v) is 4.06. The third-order valence-electron chi connectivity index (χ3n) is 2.74. The van der Waals surface area contributed by atoms with E-state index < -0.39 is 0 Å². The number of rotatable bonds is 5. The van der Waals surface area contributed by atoms with Crippen LogP contribution >= 0.6 is 0 Å². The van der Waals surface area contributed by atoms with Crippen molar-refractivity contribution in [1.82, 2.24) is 0 Å². The zero-order valence-corrected chi connectivity index (χ0v) is 9.92. The van der Waals surface area contributed by atoms with Crippen molar-refractivity contribution in [2.45, 2.75) is 5.92 Å². The van der Waals surface area contributed by atoms with Crippen molar-refractivity contribution in [3.8, 4) is 5.75 Å². The van der Waals surface area contributed by atoms with Crippen molar-refractivity contribution in [3.05, 3.63) is 66.0 Å². The van der Waals surface area contributed by atoms with Gasteiger partial charge in [0.1, 0.15) is 11.6 Å². The number of halogens is 1. The van der Waals surface area contributed by atoms with Crippen LogP contribution in [0, 0.1) is 5.82 Å². The molecule has 2 aromatic carbocycles. The first-order valence-corrected chi connectivity index (χ1v) is 5.84. The molecular formula is C15H15FO2. The molecule has 94 valence electrons. The summed E-state index contributed by atoms with van der Waals surface area (Å²) in [6.45, 7) is 0.323. The minimum absolute atomic E-state index is 0.000666. The number of aliphatic hydroxyl groups excluding tert-OH is 1. The summed E-state index contributed by atoms with van der Waals surface area (Å²) in [5, 5.41) is 9.36. The van der Waals surface area contributed by atoms with Gasteiger partial charge in [-0.2, -0.15) is 0 Å². The van der Waals surface area contributed by atoms with Crippen LogP contribution in [0.5, 0.6) is 5.75 Å². The summed E-state index contributed by atoms with van der Waals surface area (Å²) >= 11 is 0. The molecule has 0 aliphatic heterocycles. The van der Waals surface area contributed by atoms with Gasteiger partial charge in [-0.25, -0.2) is 4.39 Å². The lowest BCUT2D eigenvalue weighted by Crippen LogP contribution is -2.14. The van der Waals surface area contributed by atoms with Gasteiger partial charge in [0, 0.05) is 12.0 Å². The Morgan fingerprint density at radius 3 is 2.50 bits per heavy atom. The van der Waals surface area contributed by atoms with Gasteiger partial charge in [0.2, 0.25) is 0 Å². The smallest absolute Gasteiger partial charge is 0.126 e.